The second-order valence-corrected chi connectivity index (χ2v) is 7.10. The summed E-state index contributed by atoms with van der Waals surface area (Å²) in [6.07, 6.45) is 5.05. The van der Waals surface area contributed by atoms with E-state index in [4.69, 9.17) is 4.74 Å². The number of carbonyl (C=O) groups is 1. The molecule has 0 spiro atoms. The zero-order valence-corrected chi connectivity index (χ0v) is 15.4. The number of tetrazole rings is 1. The highest BCUT2D eigenvalue weighted by Crippen LogP contribution is 2.28. The van der Waals surface area contributed by atoms with Gasteiger partial charge in [0, 0.05) is 7.05 Å². The van der Waals surface area contributed by atoms with Gasteiger partial charge >= 0.3 is 0 Å². The Morgan fingerprint density at radius 3 is 3.08 bits per heavy atom. The Hall–Kier alpha value is -1.93. The molecule has 2 aromatic rings. The Balaban J connectivity index is 1.71. The zero-order chi connectivity index (χ0) is 17.6. The van der Waals surface area contributed by atoms with Crippen molar-refractivity contribution in [2.75, 3.05) is 32.2 Å². The van der Waals surface area contributed by atoms with Crippen molar-refractivity contribution in [1.29, 1.82) is 0 Å². The number of fused-ring (bicyclic) bond motifs is 1. The topological polar surface area (TPSA) is 73.1 Å². The Kier molecular flexibility index (Phi) is 6.04. The second-order valence-electron chi connectivity index (χ2n) is 6.11. The third-order valence-corrected chi connectivity index (χ3v) is 5.12. The highest BCUT2D eigenvalue weighted by molar-refractivity contribution is 7.98. The molecule has 25 heavy (non-hydrogen) atoms. The molecule has 1 aliphatic rings. The lowest BCUT2D eigenvalue weighted by Crippen LogP contribution is -2.39. The van der Waals surface area contributed by atoms with Crippen LogP contribution in [-0.4, -0.2) is 63.2 Å². The maximum absolute atomic E-state index is 13.0. The molecule has 0 saturated heterocycles. The van der Waals surface area contributed by atoms with Gasteiger partial charge in [0.15, 0.2) is 0 Å². The quantitative estimate of drug-likeness (QED) is 0.748. The van der Waals surface area contributed by atoms with Gasteiger partial charge in [0.1, 0.15) is 18.5 Å². The summed E-state index contributed by atoms with van der Waals surface area (Å²) in [5.41, 5.74) is 2.48. The van der Waals surface area contributed by atoms with E-state index >= 15 is 0 Å². The standard InChI is InChI=1S/C17H23N5O2S/c1-21(11-16-14-6-4-3-5-13(14)7-9-24-16)17(23)15(8-10-25-2)22-12-18-19-20-22/h3-6,12,15-16H,7-11H2,1-2H3/t15-,16-/m0/s1. The lowest BCUT2D eigenvalue weighted by atomic mass is 9.97. The summed E-state index contributed by atoms with van der Waals surface area (Å²) in [5.74, 6) is 0.875. The van der Waals surface area contributed by atoms with Crippen LogP contribution < -0.4 is 0 Å². The number of rotatable bonds is 7. The van der Waals surface area contributed by atoms with E-state index in [0.29, 0.717) is 19.6 Å². The normalized spacial score (nSPS) is 17.8. The Morgan fingerprint density at radius 1 is 1.48 bits per heavy atom. The molecule has 0 N–H and O–H groups in total. The minimum absolute atomic E-state index is 0.00741. The number of likely N-dealkylation sites (N-methyl/N-ethyl adjacent to an activating group) is 1. The minimum Gasteiger partial charge on any atom is -0.371 e. The molecule has 1 aromatic carbocycles. The lowest BCUT2D eigenvalue weighted by Gasteiger charge is -2.31. The van der Waals surface area contributed by atoms with Gasteiger partial charge in [-0.25, -0.2) is 4.68 Å². The predicted molar refractivity (Wildman–Crippen MR) is 96.3 cm³/mol. The van der Waals surface area contributed by atoms with Gasteiger partial charge in [-0.1, -0.05) is 24.3 Å². The van der Waals surface area contributed by atoms with E-state index in [9.17, 15) is 4.79 Å². The molecule has 134 valence electrons. The second kappa shape index (κ2) is 8.44. The van der Waals surface area contributed by atoms with Crippen molar-refractivity contribution in [3.05, 3.63) is 41.7 Å². The molecule has 7 nitrogen and oxygen atoms in total. The molecule has 0 aliphatic carbocycles. The number of carbonyl (C=O) groups excluding carboxylic acids is 1. The van der Waals surface area contributed by atoms with E-state index in [2.05, 4.69) is 27.7 Å². The van der Waals surface area contributed by atoms with Crippen LogP contribution in [0.3, 0.4) is 0 Å². The molecule has 1 aliphatic heterocycles. The molecule has 8 heteroatoms. The fourth-order valence-corrected chi connectivity index (χ4v) is 3.59. The number of thioether (sulfide) groups is 1. The summed E-state index contributed by atoms with van der Waals surface area (Å²) in [4.78, 5) is 14.7. The fourth-order valence-electron chi connectivity index (χ4n) is 3.13. The van der Waals surface area contributed by atoms with Crippen molar-refractivity contribution in [3.63, 3.8) is 0 Å². The van der Waals surface area contributed by atoms with Crippen LogP contribution in [0.15, 0.2) is 30.6 Å². The highest BCUT2D eigenvalue weighted by Gasteiger charge is 2.28. The molecule has 0 radical (unpaired) electrons. The minimum atomic E-state index is -0.383. The van der Waals surface area contributed by atoms with Crippen molar-refractivity contribution in [3.8, 4) is 0 Å². The Labute approximate surface area is 151 Å². The van der Waals surface area contributed by atoms with E-state index in [-0.39, 0.29) is 18.1 Å². The molecular weight excluding hydrogens is 338 g/mol. The van der Waals surface area contributed by atoms with E-state index in [1.165, 1.54) is 17.5 Å². The Morgan fingerprint density at radius 2 is 2.32 bits per heavy atom. The third-order valence-electron chi connectivity index (χ3n) is 4.47. The average Bonchev–Trinajstić information content (AvgIpc) is 3.16. The molecule has 0 saturated carbocycles. The first-order valence-corrected chi connectivity index (χ1v) is 9.76. The monoisotopic (exact) mass is 361 g/mol. The van der Waals surface area contributed by atoms with Crippen LogP contribution in [0.1, 0.15) is 29.7 Å². The summed E-state index contributed by atoms with van der Waals surface area (Å²) < 4.78 is 7.48. The summed E-state index contributed by atoms with van der Waals surface area (Å²) in [7, 11) is 1.82. The summed E-state index contributed by atoms with van der Waals surface area (Å²) in [6.45, 7) is 1.21. The van der Waals surface area contributed by atoms with E-state index in [1.807, 2.05) is 25.4 Å². The van der Waals surface area contributed by atoms with Gasteiger partial charge in [-0.05, 0) is 46.4 Å². The predicted octanol–water partition coefficient (Wildman–Crippen LogP) is 1.74. The molecule has 1 aromatic heterocycles. The molecule has 2 atom stereocenters. The molecule has 2 heterocycles. The summed E-state index contributed by atoms with van der Waals surface area (Å²) >= 11 is 1.71. The number of amides is 1. The van der Waals surface area contributed by atoms with Crippen LogP contribution in [0.25, 0.3) is 0 Å². The van der Waals surface area contributed by atoms with Gasteiger partial charge in [-0.15, -0.1) is 5.10 Å². The van der Waals surface area contributed by atoms with Crippen molar-refractivity contribution < 1.29 is 9.53 Å². The highest BCUT2D eigenvalue weighted by atomic mass is 32.2. The van der Waals surface area contributed by atoms with Gasteiger partial charge < -0.3 is 9.64 Å². The van der Waals surface area contributed by atoms with Crippen molar-refractivity contribution in [1.82, 2.24) is 25.1 Å². The van der Waals surface area contributed by atoms with Crippen molar-refractivity contribution in [2.24, 2.45) is 0 Å². The van der Waals surface area contributed by atoms with Gasteiger partial charge in [-0.2, -0.15) is 11.8 Å². The summed E-state index contributed by atoms with van der Waals surface area (Å²) in [5, 5.41) is 11.3. The maximum Gasteiger partial charge on any atom is 0.247 e. The van der Waals surface area contributed by atoms with Gasteiger partial charge in [0.25, 0.3) is 0 Å². The Bertz CT molecular complexity index is 694. The molecule has 0 unspecified atom stereocenters. The van der Waals surface area contributed by atoms with Gasteiger partial charge in [-0.3, -0.25) is 4.79 Å². The SMILES string of the molecule is CSCC[C@@H](C(=O)N(C)C[C@@H]1OCCc2ccccc21)n1cnnn1. The number of hydrogen-bond acceptors (Lipinski definition) is 6. The van der Waals surface area contributed by atoms with Gasteiger partial charge in [0.2, 0.25) is 5.91 Å². The van der Waals surface area contributed by atoms with Crippen molar-refractivity contribution >= 4 is 17.7 Å². The maximum atomic E-state index is 13.0. The number of benzene rings is 1. The first-order chi connectivity index (χ1) is 12.2. The van der Waals surface area contributed by atoms with Crippen molar-refractivity contribution in [2.45, 2.75) is 25.0 Å². The van der Waals surface area contributed by atoms with Crippen LogP contribution in [0.4, 0.5) is 0 Å². The molecule has 0 bridgehead atoms. The van der Waals surface area contributed by atoms with Crippen LogP contribution >= 0.6 is 11.8 Å². The largest absolute Gasteiger partial charge is 0.371 e. The number of aromatic nitrogens is 4. The zero-order valence-electron chi connectivity index (χ0n) is 14.5. The van der Waals surface area contributed by atoms with Gasteiger partial charge in [0.05, 0.1) is 13.2 Å². The van der Waals surface area contributed by atoms with E-state index in [0.717, 1.165) is 12.2 Å². The number of nitrogens with zero attached hydrogens (tertiary/aromatic N) is 5. The van der Waals surface area contributed by atoms with Crippen LogP contribution in [-0.2, 0) is 16.0 Å². The molecule has 3 rings (SSSR count). The first kappa shape index (κ1) is 17.9. The first-order valence-electron chi connectivity index (χ1n) is 8.36. The smallest absolute Gasteiger partial charge is 0.247 e. The van der Waals surface area contributed by atoms with E-state index in [1.54, 1.807) is 21.3 Å². The molecular formula is C17H23N5O2S. The molecule has 1 amide bonds. The molecule has 0 fully saturated rings. The third kappa shape index (κ3) is 4.19. The lowest BCUT2D eigenvalue weighted by molar-refractivity contribution is -0.136. The van der Waals surface area contributed by atoms with E-state index < -0.39 is 0 Å². The van der Waals surface area contributed by atoms with Crippen LogP contribution in [0.2, 0.25) is 0 Å². The summed E-state index contributed by atoms with van der Waals surface area (Å²) in [6, 6.07) is 7.90. The fraction of sp³-hybridized carbons (Fsp3) is 0.529. The number of ether oxygens (including phenoxy) is 1. The van der Waals surface area contributed by atoms with Crippen LogP contribution in [0, 0.1) is 0 Å². The number of hydrogen-bond donors (Lipinski definition) is 0. The average molecular weight is 361 g/mol. The van der Waals surface area contributed by atoms with Crippen LogP contribution in [0.5, 0.6) is 0 Å².